The lowest BCUT2D eigenvalue weighted by Gasteiger charge is -2.26. The van der Waals surface area contributed by atoms with Gasteiger partial charge in [0.15, 0.2) is 11.5 Å². The first kappa shape index (κ1) is 13.0. The molecule has 18 heavy (non-hydrogen) atoms. The zero-order valence-electron chi connectivity index (χ0n) is 11.1. The molecule has 1 saturated heterocycles. The van der Waals surface area contributed by atoms with Crippen LogP contribution in [-0.4, -0.2) is 41.0 Å². The fourth-order valence-electron chi connectivity index (χ4n) is 2.19. The van der Waals surface area contributed by atoms with Crippen LogP contribution in [0.5, 0.6) is 17.2 Å². The van der Waals surface area contributed by atoms with E-state index in [9.17, 15) is 0 Å². The van der Waals surface area contributed by atoms with Gasteiger partial charge in [-0.3, -0.25) is 0 Å². The molecule has 1 aliphatic rings. The van der Waals surface area contributed by atoms with Crippen LogP contribution in [0.1, 0.15) is 11.6 Å². The summed E-state index contributed by atoms with van der Waals surface area (Å²) in [4.78, 5) is 0. The van der Waals surface area contributed by atoms with Gasteiger partial charge in [0, 0.05) is 25.7 Å². The van der Waals surface area contributed by atoms with Gasteiger partial charge in [0.1, 0.15) is 0 Å². The Morgan fingerprint density at radius 1 is 1.00 bits per heavy atom. The molecule has 1 aromatic carbocycles. The van der Waals surface area contributed by atoms with Crippen LogP contribution >= 0.6 is 0 Å². The summed E-state index contributed by atoms with van der Waals surface area (Å²) in [5, 5.41) is 6.82. The third-order valence-electron chi connectivity index (χ3n) is 3.13. The monoisotopic (exact) mass is 252 g/mol. The lowest BCUT2D eigenvalue weighted by atomic mass is 10.0. The van der Waals surface area contributed by atoms with Gasteiger partial charge in [-0.15, -0.1) is 0 Å². The highest BCUT2D eigenvalue weighted by atomic mass is 16.5. The van der Waals surface area contributed by atoms with Gasteiger partial charge in [0.25, 0.3) is 0 Å². The van der Waals surface area contributed by atoms with Crippen molar-refractivity contribution in [2.45, 2.75) is 6.04 Å². The van der Waals surface area contributed by atoms with Crippen LogP contribution < -0.4 is 24.8 Å². The van der Waals surface area contributed by atoms with Crippen molar-refractivity contribution in [1.82, 2.24) is 10.6 Å². The molecule has 5 nitrogen and oxygen atoms in total. The van der Waals surface area contributed by atoms with Crippen molar-refractivity contribution >= 4 is 0 Å². The number of rotatable bonds is 4. The molecular weight excluding hydrogens is 232 g/mol. The van der Waals surface area contributed by atoms with Crippen molar-refractivity contribution in [3.8, 4) is 17.2 Å². The minimum Gasteiger partial charge on any atom is -0.493 e. The molecule has 0 saturated carbocycles. The van der Waals surface area contributed by atoms with E-state index in [0.717, 1.165) is 25.2 Å². The van der Waals surface area contributed by atoms with Crippen molar-refractivity contribution in [2.24, 2.45) is 0 Å². The van der Waals surface area contributed by atoms with Crippen LogP contribution in [0.15, 0.2) is 12.1 Å². The lowest BCUT2D eigenvalue weighted by Crippen LogP contribution is -2.42. The molecule has 1 aromatic rings. The molecule has 1 heterocycles. The average Bonchev–Trinajstić information content (AvgIpc) is 2.46. The fraction of sp³-hybridized carbons (Fsp3) is 0.538. The Hall–Kier alpha value is -1.46. The third kappa shape index (κ3) is 2.52. The van der Waals surface area contributed by atoms with Crippen LogP contribution in [0.2, 0.25) is 0 Å². The maximum Gasteiger partial charge on any atom is 0.203 e. The predicted molar refractivity (Wildman–Crippen MR) is 69.7 cm³/mol. The Bertz CT molecular complexity index is 378. The van der Waals surface area contributed by atoms with Gasteiger partial charge >= 0.3 is 0 Å². The van der Waals surface area contributed by atoms with Gasteiger partial charge in [0.2, 0.25) is 5.75 Å². The molecule has 1 unspecified atom stereocenters. The number of ether oxygens (including phenoxy) is 3. The normalized spacial score (nSPS) is 19.4. The van der Waals surface area contributed by atoms with Crippen molar-refractivity contribution in [3.63, 3.8) is 0 Å². The second-order valence-corrected chi connectivity index (χ2v) is 4.17. The summed E-state index contributed by atoms with van der Waals surface area (Å²) in [7, 11) is 4.88. The van der Waals surface area contributed by atoms with Gasteiger partial charge in [-0.25, -0.2) is 0 Å². The van der Waals surface area contributed by atoms with E-state index in [0.29, 0.717) is 17.2 Å². The highest BCUT2D eigenvalue weighted by molar-refractivity contribution is 5.54. The van der Waals surface area contributed by atoms with E-state index in [1.165, 1.54) is 0 Å². The van der Waals surface area contributed by atoms with E-state index in [1.807, 2.05) is 12.1 Å². The highest BCUT2D eigenvalue weighted by Gasteiger charge is 2.19. The Morgan fingerprint density at radius 3 is 2.11 bits per heavy atom. The van der Waals surface area contributed by atoms with E-state index in [-0.39, 0.29) is 6.04 Å². The number of piperazine rings is 1. The first-order valence-corrected chi connectivity index (χ1v) is 6.04. The minimum atomic E-state index is 0.271. The first-order chi connectivity index (χ1) is 8.80. The van der Waals surface area contributed by atoms with E-state index >= 15 is 0 Å². The van der Waals surface area contributed by atoms with E-state index < -0.39 is 0 Å². The van der Waals surface area contributed by atoms with Crippen molar-refractivity contribution in [3.05, 3.63) is 17.7 Å². The number of methoxy groups -OCH3 is 3. The van der Waals surface area contributed by atoms with Crippen molar-refractivity contribution < 1.29 is 14.2 Å². The molecular formula is C13H20N2O3. The topological polar surface area (TPSA) is 51.8 Å². The number of hydrogen-bond acceptors (Lipinski definition) is 5. The standard InChI is InChI=1S/C13H20N2O3/c1-16-11-6-9(10-8-14-4-5-15-10)7-12(17-2)13(11)18-3/h6-7,10,14-15H,4-5,8H2,1-3H3. The van der Waals surface area contributed by atoms with E-state index in [2.05, 4.69) is 10.6 Å². The summed E-state index contributed by atoms with van der Waals surface area (Å²) in [6.07, 6.45) is 0. The second-order valence-electron chi connectivity index (χ2n) is 4.17. The molecule has 0 spiro atoms. The molecule has 1 fully saturated rings. The minimum absolute atomic E-state index is 0.271. The van der Waals surface area contributed by atoms with Crippen molar-refractivity contribution in [2.75, 3.05) is 41.0 Å². The Balaban J connectivity index is 2.35. The SMILES string of the molecule is COc1cc(C2CNCCN2)cc(OC)c1OC. The smallest absolute Gasteiger partial charge is 0.203 e. The maximum absolute atomic E-state index is 5.36. The summed E-state index contributed by atoms with van der Waals surface area (Å²) in [6, 6.07) is 4.25. The Labute approximate surface area is 107 Å². The molecule has 0 amide bonds. The van der Waals surface area contributed by atoms with Crippen LogP contribution in [0.25, 0.3) is 0 Å². The van der Waals surface area contributed by atoms with Gasteiger partial charge < -0.3 is 24.8 Å². The molecule has 2 rings (SSSR count). The lowest BCUT2D eigenvalue weighted by molar-refractivity contribution is 0.322. The molecule has 1 aliphatic heterocycles. The van der Waals surface area contributed by atoms with Crippen LogP contribution in [0, 0.1) is 0 Å². The van der Waals surface area contributed by atoms with Crippen molar-refractivity contribution in [1.29, 1.82) is 0 Å². The van der Waals surface area contributed by atoms with Gasteiger partial charge in [0.05, 0.1) is 21.3 Å². The molecule has 100 valence electrons. The summed E-state index contributed by atoms with van der Waals surface area (Å²) in [5.41, 5.74) is 1.14. The zero-order chi connectivity index (χ0) is 13.0. The zero-order valence-corrected chi connectivity index (χ0v) is 11.1. The Kier molecular flexibility index (Phi) is 4.28. The quantitative estimate of drug-likeness (QED) is 0.835. The summed E-state index contributed by atoms with van der Waals surface area (Å²) in [6.45, 7) is 2.86. The number of hydrogen-bond donors (Lipinski definition) is 2. The number of nitrogens with one attached hydrogen (secondary N) is 2. The molecule has 5 heteroatoms. The molecule has 1 atom stereocenters. The predicted octanol–water partition coefficient (Wildman–Crippen LogP) is 0.946. The van der Waals surface area contributed by atoms with Crippen LogP contribution in [0.4, 0.5) is 0 Å². The maximum atomic E-state index is 5.36. The summed E-state index contributed by atoms with van der Waals surface area (Å²) < 4.78 is 16.0. The highest BCUT2D eigenvalue weighted by Crippen LogP contribution is 2.39. The largest absolute Gasteiger partial charge is 0.493 e. The second kappa shape index (κ2) is 5.93. The number of benzene rings is 1. The van der Waals surface area contributed by atoms with Crippen LogP contribution in [-0.2, 0) is 0 Å². The third-order valence-corrected chi connectivity index (χ3v) is 3.13. The molecule has 0 aromatic heterocycles. The summed E-state index contributed by atoms with van der Waals surface area (Å²) in [5.74, 6) is 2.02. The Morgan fingerprint density at radius 2 is 1.67 bits per heavy atom. The van der Waals surface area contributed by atoms with E-state index in [1.54, 1.807) is 21.3 Å². The molecule has 0 bridgehead atoms. The molecule has 0 radical (unpaired) electrons. The molecule has 0 aliphatic carbocycles. The fourth-order valence-corrected chi connectivity index (χ4v) is 2.19. The van der Waals surface area contributed by atoms with Gasteiger partial charge in [-0.05, 0) is 17.7 Å². The van der Waals surface area contributed by atoms with Crippen LogP contribution in [0.3, 0.4) is 0 Å². The summed E-state index contributed by atoms with van der Waals surface area (Å²) >= 11 is 0. The van der Waals surface area contributed by atoms with Gasteiger partial charge in [-0.1, -0.05) is 0 Å². The van der Waals surface area contributed by atoms with E-state index in [4.69, 9.17) is 14.2 Å². The molecule has 2 N–H and O–H groups in total. The first-order valence-electron chi connectivity index (χ1n) is 6.04. The van der Waals surface area contributed by atoms with Gasteiger partial charge in [-0.2, -0.15) is 0 Å². The average molecular weight is 252 g/mol.